The number of rotatable bonds is 8. The van der Waals surface area contributed by atoms with E-state index in [0.717, 1.165) is 24.5 Å². The van der Waals surface area contributed by atoms with Crippen molar-refractivity contribution in [1.29, 1.82) is 0 Å². The molecule has 2 heterocycles. The van der Waals surface area contributed by atoms with E-state index in [-0.39, 0.29) is 18.0 Å². The minimum absolute atomic E-state index is 0.00216. The monoisotopic (exact) mass is 477 g/mol. The van der Waals surface area contributed by atoms with Crippen molar-refractivity contribution in [3.63, 3.8) is 0 Å². The van der Waals surface area contributed by atoms with Crippen LogP contribution in [-0.4, -0.2) is 94.3 Å². The second-order valence-corrected chi connectivity index (χ2v) is 10.0. The summed E-state index contributed by atoms with van der Waals surface area (Å²) < 4.78 is 39.3. The van der Waals surface area contributed by atoms with Gasteiger partial charge in [-0.1, -0.05) is 30.3 Å². The Kier molecular flexibility index (Phi) is 7.52. The zero-order chi connectivity index (χ0) is 23.4. The summed E-state index contributed by atoms with van der Waals surface area (Å²) in [5, 5.41) is 20.5. The van der Waals surface area contributed by atoms with Crippen LogP contribution in [0.2, 0.25) is 0 Å². The Balaban J connectivity index is 1.44. The summed E-state index contributed by atoms with van der Waals surface area (Å²) in [5.74, 6) is 0.809. The number of nitrogens with one attached hydrogen (secondary N) is 1. The molecule has 2 fully saturated rings. The van der Waals surface area contributed by atoms with Gasteiger partial charge in [-0.15, -0.1) is 0 Å². The fourth-order valence-electron chi connectivity index (χ4n) is 4.62. The first-order valence-electron chi connectivity index (χ1n) is 11.1. The molecule has 4 atom stereocenters. The molecule has 3 N–H and O–H groups in total. The Morgan fingerprint density at radius 2 is 1.70 bits per heavy atom. The van der Waals surface area contributed by atoms with E-state index in [1.54, 1.807) is 25.3 Å². The average Bonchev–Trinajstić information content (AvgIpc) is 3.18. The molecule has 0 radical (unpaired) electrons. The van der Waals surface area contributed by atoms with Crippen molar-refractivity contribution >= 4 is 15.7 Å². The number of hydrogen-bond donors (Lipinski definition) is 3. The summed E-state index contributed by atoms with van der Waals surface area (Å²) >= 11 is 0. The van der Waals surface area contributed by atoms with Gasteiger partial charge in [-0.25, -0.2) is 13.1 Å². The summed E-state index contributed by atoms with van der Waals surface area (Å²) in [6, 6.07) is 15.5. The fourth-order valence-corrected chi connectivity index (χ4v) is 5.69. The number of sulfonamides is 1. The zero-order valence-electron chi connectivity index (χ0n) is 18.6. The van der Waals surface area contributed by atoms with Gasteiger partial charge in [0.05, 0.1) is 36.4 Å². The molecule has 2 saturated heterocycles. The highest BCUT2D eigenvalue weighted by molar-refractivity contribution is 7.89. The lowest BCUT2D eigenvalue weighted by Crippen LogP contribution is -2.57. The van der Waals surface area contributed by atoms with Crippen molar-refractivity contribution in [2.24, 2.45) is 0 Å². The molecular weight excluding hydrogens is 446 g/mol. The molecule has 0 aliphatic carbocycles. The molecule has 0 unspecified atom stereocenters. The Labute approximate surface area is 194 Å². The minimum atomic E-state index is -3.71. The molecular formula is C23H31N3O6S. The number of aliphatic hydroxyl groups is 2. The second kappa shape index (κ2) is 10.4. The maximum absolute atomic E-state index is 12.7. The number of methoxy groups -OCH3 is 1. The van der Waals surface area contributed by atoms with E-state index in [2.05, 4.69) is 14.5 Å². The van der Waals surface area contributed by atoms with Crippen LogP contribution >= 0.6 is 0 Å². The Bertz CT molecular complexity index is 1010. The lowest BCUT2D eigenvalue weighted by Gasteiger charge is -2.41. The molecule has 180 valence electrons. The van der Waals surface area contributed by atoms with Crippen LogP contribution in [0.3, 0.4) is 0 Å². The van der Waals surface area contributed by atoms with Crippen LogP contribution in [0.1, 0.15) is 0 Å². The van der Waals surface area contributed by atoms with Crippen LogP contribution in [0.15, 0.2) is 59.5 Å². The third kappa shape index (κ3) is 5.16. The first kappa shape index (κ1) is 23.9. The number of para-hydroxylation sites is 2. The normalized spacial score (nSPS) is 26.5. The largest absolute Gasteiger partial charge is 0.495 e. The van der Waals surface area contributed by atoms with Gasteiger partial charge in [0.2, 0.25) is 10.0 Å². The van der Waals surface area contributed by atoms with Crippen molar-refractivity contribution in [3.05, 3.63) is 54.6 Å². The molecule has 0 saturated carbocycles. The van der Waals surface area contributed by atoms with E-state index in [9.17, 15) is 18.6 Å². The lowest BCUT2D eigenvalue weighted by atomic mass is 10.0. The molecule has 33 heavy (non-hydrogen) atoms. The lowest BCUT2D eigenvalue weighted by molar-refractivity contribution is -0.0201. The molecule has 10 heteroatoms. The van der Waals surface area contributed by atoms with Gasteiger partial charge in [-0.05, 0) is 24.3 Å². The van der Waals surface area contributed by atoms with Gasteiger partial charge < -0.3 is 24.6 Å². The van der Waals surface area contributed by atoms with Gasteiger partial charge in [0.15, 0.2) is 0 Å². The van der Waals surface area contributed by atoms with E-state index in [1.165, 1.54) is 12.1 Å². The number of piperazine rings is 1. The molecule has 0 spiro atoms. The Hall–Kier alpha value is -2.21. The number of anilines is 1. The van der Waals surface area contributed by atoms with E-state index in [4.69, 9.17) is 9.47 Å². The first-order valence-corrected chi connectivity index (χ1v) is 12.5. The highest BCUT2D eigenvalue weighted by Crippen LogP contribution is 2.31. The van der Waals surface area contributed by atoms with Crippen molar-refractivity contribution in [3.8, 4) is 5.75 Å². The zero-order valence-corrected chi connectivity index (χ0v) is 19.4. The van der Waals surface area contributed by atoms with Gasteiger partial charge >= 0.3 is 0 Å². The molecule has 2 aliphatic heterocycles. The van der Waals surface area contributed by atoms with Crippen molar-refractivity contribution in [1.82, 2.24) is 9.62 Å². The molecule has 2 aliphatic rings. The van der Waals surface area contributed by atoms with E-state index in [0.29, 0.717) is 13.1 Å². The Morgan fingerprint density at radius 3 is 2.36 bits per heavy atom. The van der Waals surface area contributed by atoms with Crippen LogP contribution in [0, 0.1) is 0 Å². The molecule has 2 aromatic carbocycles. The average molecular weight is 478 g/mol. The molecule has 9 nitrogen and oxygen atoms in total. The van der Waals surface area contributed by atoms with E-state index in [1.807, 2.05) is 24.3 Å². The van der Waals surface area contributed by atoms with Crippen molar-refractivity contribution in [2.45, 2.75) is 29.2 Å². The van der Waals surface area contributed by atoms with Gasteiger partial charge in [0.25, 0.3) is 0 Å². The van der Waals surface area contributed by atoms with E-state index >= 15 is 0 Å². The van der Waals surface area contributed by atoms with Gasteiger partial charge in [-0.2, -0.15) is 0 Å². The van der Waals surface area contributed by atoms with Crippen molar-refractivity contribution < 1.29 is 28.1 Å². The fraction of sp³-hybridized carbons (Fsp3) is 0.478. The summed E-state index contributed by atoms with van der Waals surface area (Å²) in [7, 11) is -2.06. The molecule has 4 rings (SSSR count). The molecule has 0 bridgehead atoms. The van der Waals surface area contributed by atoms with Crippen LogP contribution in [0.4, 0.5) is 5.69 Å². The number of aliphatic hydroxyl groups excluding tert-OH is 2. The first-order chi connectivity index (χ1) is 15.9. The highest BCUT2D eigenvalue weighted by atomic mass is 32.2. The summed E-state index contributed by atoms with van der Waals surface area (Å²) in [6.07, 6.45) is -2.26. The summed E-state index contributed by atoms with van der Waals surface area (Å²) in [5.41, 5.74) is 1.02. The third-order valence-corrected chi connectivity index (χ3v) is 7.77. The van der Waals surface area contributed by atoms with E-state index < -0.39 is 34.4 Å². The standard InChI is InChI=1S/C23H31N3O6S/c1-31-19-10-6-5-9-18(19)25-11-13-26(14-12-25)22-20(32-21(16-27)23(22)28)15-24-33(29,30)17-7-3-2-4-8-17/h2-10,20-24,27-28H,11-16H2,1H3/t20-,21+,22-,23-/m1/s1. The summed E-state index contributed by atoms with van der Waals surface area (Å²) in [6.45, 7) is 2.42. The maximum Gasteiger partial charge on any atom is 0.240 e. The molecule has 2 aromatic rings. The minimum Gasteiger partial charge on any atom is -0.495 e. The van der Waals surface area contributed by atoms with Gasteiger partial charge in [-0.3, -0.25) is 4.90 Å². The quantitative estimate of drug-likeness (QED) is 0.497. The molecule has 0 amide bonds. The van der Waals surface area contributed by atoms with Crippen LogP contribution < -0.4 is 14.4 Å². The van der Waals surface area contributed by atoms with Crippen LogP contribution in [-0.2, 0) is 14.8 Å². The van der Waals surface area contributed by atoms with Crippen LogP contribution in [0.25, 0.3) is 0 Å². The predicted molar refractivity (Wildman–Crippen MR) is 124 cm³/mol. The number of ether oxygens (including phenoxy) is 2. The summed E-state index contributed by atoms with van der Waals surface area (Å²) in [4.78, 5) is 4.52. The third-order valence-electron chi connectivity index (χ3n) is 6.33. The predicted octanol–water partition coefficient (Wildman–Crippen LogP) is 0.285. The van der Waals surface area contributed by atoms with Gasteiger partial charge in [0, 0.05) is 32.7 Å². The second-order valence-electron chi connectivity index (χ2n) is 8.24. The molecule has 0 aromatic heterocycles. The smallest absolute Gasteiger partial charge is 0.240 e. The Morgan fingerprint density at radius 1 is 1.03 bits per heavy atom. The SMILES string of the molecule is COc1ccccc1N1CCN([C@H]2[C@H](O)[C@H](CO)O[C@@H]2CNS(=O)(=O)c2ccccc2)CC1. The maximum atomic E-state index is 12.7. The van der Waals surface area contributed by atoms with Gasteiger partial charge in [0.1, 0.15) is 18.0 Å². The van der Waals surface area contributed by atoms with Crippen molar-refractivity contribution in [2.75, 3.05) is 51.3 Å². The number of hydrogen-bond acceptors (Lipinski definition) is 8. The van der Waals surface area contributed by atoms with Crippen LogP contribution in [0.5, 0.6) is 5.75 Å². The number of benzene rings is 2. The number of nitrogens with zero attached hydrogens (tertiary/aromatic N) is 2. The highest BCUT2D eigenvalue weighted by Gasteiger charge is 2.47. The topological polar surface area (TPSA) is 112 Å².